The van der Waals surface area contributed by atoms with Gasteiger partial charge in [0.05, 0.1) is 0 Å². The summed E-state index contributed by atoms with van der Waals surface area (Å²) in [6.07, 6.45) is 0. The number of rotatable bonds is 2. The van der Waals surface area contributed by atoms with E-state index >= 15 is 26.3 Å². The van der Waals surface area contributed by atoms with Gasteiger partial charge in [-0.25, -0.2) is 0 Å². The van der Waals surface area contributed by atoms with Crippen molar-refractivity contribution in [1.29, 1.82) is 0 Å². The lowest BCUT2D eigenvalue weighted by Gasteiger charge is -2.24. The van der Waals surface area contributed by atoms with E-state index in [1.54, 1.807) is 72.8 Å². The van der Waals surface area contributed by atoms with Gasteiger partial charge in [0.15, 0.2) is 0 Å². The maximum atomic E-state index is 15.7. The van der Waals surface area contributed by atoms with Crippen LogP contribution in [0.25, 0.3) is 43.8 Å². The van der Waals surface area contributed by atoms with Crippen LogP contribution in [0.4, 0.5) is 26.3 Å². The van der Waals surface area contributed by atoms with Gasteiger partial charge >= 0.3 is 17.8 Å². The topological polar surface area (TPSA) is 0 Å². The molecule has 1 aliphatic rings. The van der Waals surface area contributed by atoms with E-state index in [1.165, 1.54) is 12.1 Å². The summed E-state index contributed by atoms with van der Waals surface area (Å²) in [6, 6.07) is 22.8. The van der Waals surface area contributed by atoms with Gasteiger partial charge in [0, 0.05) is 42.0 Å². The summed E-state index contributed by atoms with van der Waals surface area (Å²) in [4.78, 5) is 0. The molecule has 8 heteroatoms. The molecule has 0 amide bonds. The van der Waals surface area contributed by atoms with Crippen molar-refractivity contribution in [2.45, 2.75) is 17.8 Å². The van der Waals surface area contributed by atoms with E-state index in [1.807, 2.05) is 0 Å². The lowest BCUT2D eigenvalue weighted by atomic mass is 9.84. The molecule has 0 unspecified atom stereocenters. The molecule has 5 aromatic rings. The Balaban J connectivity index is 1.96. The van der Waals surface area contributed by atoms with Crippen LogP contribution in [0, 0.1) is 0 Å². The Morgan fingerprint density at radius 1 is 0.459 bits per heavy atom. The molecule has 0 saturated heterocycles. The maximum Gasteiger partial charge on any atom is 0.380 e. The zero-order valence-corrected chi connectivity index (χ0v) is 21.8. The number of alkyl halides is 6. The van der Waals surface area contributed by atoms with Gasteiger partial charge in [-0.1, -0.05) is 105 Å². The number of hydrogen-bond acceptors (Lipinski definition) is 0. The predicted molar refractivity (Wildman–Crippen MR) is 140 cm³/mol. The molecule has 0 atom stereocenters. The Kier molecular flexibility index (Phi) is 5.35. The molecule has 0 bridgehead atoms. The first kappa shape index (κ1) is 24.5. The normalized spacial score (nSPS) is 17.3. The molecular weight excluding hydrogens is 622 g/mol. The third-order valence-corrected chi connectivity index (χ3v) is 8.21. The third kappa shape index (κ3) is 3.15. The van der Waals surface area contributed by atoms with Crippen LogP contribution in [0.5, 0.6) is 0 Å². The van der Waals surface area contributed by atoms with Crippen molar-refractivity contribution in [2.24, 2.45) is 0 Å². The lowest BCUT2D eigenvalue weighted by molar-refractivity contribution is -0.301. The molecule has 0 spiro atoms. The lowest BCUT2D eigenvalue weighted by Crippen LogP contribution is -2.43. The summed E-state index contributed by atoms with van der Waals surface area (Å²) in [5.41, 5.74) is -1.55. The summed E-state index contributed by atoms with van der Waals surface area (Å²) in [5, 5.41) is -0.306. The highest BCUT2D eigenvalue weighted by Crippen LogP contribution is 2.67. The molecule has 0 aliphatic heterocycles. The largest absolute Gasteiger partial charge is 0.380 e. The summed E-state index contributed by atoms with van der Waals surface area (Å²) in [5.74, 6) is -15.9. The SMILES string of the molecule is FC1(F)c2c(c3c(-c4ccccc4)c(Br)ccc3c3ccc(Br)c(-c4ccccc4)c23)C(F)(F)C1(F)F. The van der Waals surface area contributed by atoms with E-state index in [0.29, 0.717) is 20.1 Å². The molecule has 1 aliphatic carbocycles. The molecule has 186 valence electrons. The number of hydrogen-bond donors (Lipinski definition) is 0. The van der Waals surface area contributed by atoms with Gasteiger partial charge in [0.1, 0.15) is 0 Å². The third-order valence-electron chi connectivity index (χ3n) is 6.89. The fourth-order valence-electron chi connectivity index (χ4n) is 5.29. The van der Waals surface area contributed by atoms with Crippen molar-refractivity contribution in [2.75, 3.05) is 0 Å². The first-order valence-corrected chi connectivity index (χ1v) is 12.7. The van der Waals surface area contributed by atoms with Gasteiger partial charge in [-0.05, 0) is 34.0 Å². The standard InChI is InChI=1S/C29H14Br2F6/c30-19-13-11-17-18-12-14-20(31)22(16-9-5-2-6-10-16)24(18)26-25(27(32,33)29(36,37)28(26,34)35)23(17)21(19)15-7-3-1-4-8-15/h1-14H. The first-order valence-electron chi connectivity index (χ1n) is 11.2. The zero-order valence-electron chi connectivity index (χ0n) is 18.6. The van der Waals surface area contributed by atoms with Crippen LogP contribution in [-0.4, -0.2) is 5.92 Å². The second-order valence-electron chi connectivity index (χ2n) is 8.90. The van der Waals surface area contributed by atoms with Crippen LogP contribution in [-0.2, 0) is 11.8 Å². The monoisotopic (exact) mass is 634 g/mol. The minimum Gasteiger partial charge on any atom is -0.194 e. The molecule has 0 heterocycles. The molecule has 0 radical (unpaired) electrons. The summed E-state index contributed by atoms with van der Waals surface area (Å²) >= 11 is 6.71. The molecule has 5 aromatic carbocycles. The molecule has 0 N–H and O–H groups in total. The highest BCUT2D eigenvalue weighted by atomic mass is 79.9. The minimum atomic E-state index is -5.64. The Bertz CT molecular complexity index is 1590. The second-order valence-corrected chi connectivity index (χ2v) is 10.6. The molecule has 37 heavy (non-hydrogen) atoms. The Morgan fingerprint density at radius 3 is 1.16 bits per heavy atom. The van der Waals surface area contributed by atoms with Crippen molar-refractivity contribution >= 4 is 53.4 Å². The second kappa shape index (κ2) is 8.08. The molecule has 0 aromatic heterocycles. The van der Waals surface area contributed by atoms with Gasteiger partial charge in [-0.2, -0.15) is 26.3 Å². The Morgan fingerprint density at radius 2 is 0.811 bits per heavy atom. The minimum absolute atomic E-state index is 0.147. The average molecular weight is 636 g/mol. The molecule has 0 nitrogen and oxygen atoms in total. The van der Waals surface area contributed by atoms with Crippen LogP contribution in [0.2, 0.25) is 0 Å². The number of benzene rings is 5. The quantitative estimate of drug-likeness (QED) is 0.134. The molecule has 6 rings (SSSR count). The molecular formula is C29H14Br2F6. The van der Waals surface area contributed by atoms with Crippen molar-refractivity contribution in [3.63, 3.8) is 0 Å². The van der Waals surface area contributed by atoms with Gasteiger partial charge < -0.3 is 0 Å². The van der Waals surface area contributed by atoms with Crippen LogP contribution < -0.4 is 0 Å². The van der Waals surface area contributed by atoms with Gasteiger partial charge in [0.25, 0.3) is 0 Å². The van der Waals surface area contributed by atoms with Crippen molar-refractivity contribution in [1.82, 2.24) is 0 Å². The van der Waals surface area contributed by atoms with Crippen molar-refractivity contribution < 1.29 is 26.3 Å². The number of fused-ring (bicyclic) bond motifs is 6. The number of halogens is 8. The van der Waals surface area contributed by atoms with Gasteiger partial charge in [-0.3, -0.25) is 0 Å². The van der Waals surface area contributed by atoms with Crippen LogP contribution in [0.3, 0.4) is 0 Å². The van der Waals surface area contributed by atoms with Crippen molar-refractivity contribution in [3.8, 4) is 22.3 Å². The summed E-state index contributed by atoms with van der Waals surface area (Å²) in [7, 11) is 0. The molecule has 0 saturated carbocycles. The fourth-order valence-corrected chi connectivity index (χ4v) is 6.40. The smallest absolute Gasteiger partial charge is 0.194 e. The Labute approximate surface area is 224 Å². The zero-order chi connectivity index (χ0) is 26.3. The van der Waals surface area contributed by atoms with E-state index in [0.717, 1.165) is 0 Å². The van der Waals surface area contributed by atoms with Crippen molar-refractivity contribution in [3.05, 3.63) is 105 Å². The first-order chi connectivity index (χ1) is 17.5. The Hall–Kier alpha value is -2.84. The average Bonchev–Trinajstić information content (AvgIpc) is 2.98. The van der Waals surface area contributed by atoms with Crippen LogP contribution in [0.1, 0.15) is 11.1 Å². The van der Waals surface area contributed by atoms with E-state index < -0.39 is 28.9 Å². The van der Waals surface area contributed by atoms with Gasteiger partial charge in [0.2, 0.25) is 0 Å². The highest BCUT2D eigenvalue weighted by Gasteiger charge is 2.80. The van der Waals surface area contributed by atoms with E-state index in [4.69, 9.17) is 0 Å². The predicted octanol–water partition coefficient (Wildman–Crippen LogP) is 10.7. The fraction of sp³-hybridized carbons (Fsp3) is 0.103. The van der Waals surface area contributed by atoms with Gasteiger partial charge in [-0.15, -0.1) is 0 Å². The van der Waals surface area contributed by atoms with E-state index in [9.17, 15) is 0 Å². The summed E-state index contributed by atoms with van der Waals surface area (Å²) < 4.78 is 93.5. The van der Waals surface area contributed by atoms with E-state index in [2.05, 4.69) is 31.9 Å². The van der Waals surface area contributed by atoms with Crippen LogP contribution in [0.15, 0.2) is 93.9 Å². The molecule has 0 fully saturated rings. The van der Waals surface area contributed by atoms with E-state index in [-0.39, 0.29) is 32.7 Å². The summed E-state index contributed by atoms with van der Waals surface area (Å²) in [6.45, 7) is 0. The highest BCUT2D eigenvalue weighted by molar-refractivity contribution is 9.11. The maximum absolute atomic E-state index is 15.7. The van der Waals surface area contributed by atoms with Crippen LogP contribution >= 0.6 is 31.9 Å².